The Kier molecular flexibility index (Phi) is 4.18. The molecule has 0 fully saturated rings. The van der Waals surface area contributed by atoms with E-state index in [1.165, 1.54) is 43.4 Å². The highest BCUT2D eigenvalue weighted by Gasteiger charge is 2.14. The Balaban J connectivity index is 2.16. The predicted molar refractivity (Wildman–Crippen MR) is 77.2 cm³/mol. The molecule has 0 aliphatic carbocycles. The number of hydrogen-bond donors (Lipinski definition) is 2. The van der Waals surface area contributed by atoms with Gasteiger partial charge in [0.25, 0.3) is 0 Å². The van der Waals surface area contributed by atoms with Crippen molar-refractivity contribution in [3.05, 3.63) is 59.9 Å². The SMILES string of the molecule is CN(C(=O)Nc1cccc(C(=O)O)c1)c1ccccc1F. The van der Waals surface area contributed by atoms with Gasteiger partial charge < -0.3 is 10.4 Å². The number of anilines is 2. The number of para-hydroxylation sites is 1. The number of carbonyl (C=O) groups excluding carboxylic acids is 1. The van der Waals surface area contributed by atoms with Gasteiger partial charge in [0, 0.05) is 12.7 Å². The van der Waals surface area contributed by atoms with Crippen LogP contribution in [0.15, 0.2) is 48.5 Å². The quantitative estimate of drug-likeness (QED) is 0.911. The van der Waals surface area contributed by atoms with Gasteiger partial charge in [-0.05, 0) is 30.3 Å². The van der Waals surface area contributed by atoms with E-state index in [0.717, 1.165) is 4.90 Å². The molecule has 0 aliphatic rings. The third-order valence-electron chi connectivity index (χ3n) is 2.88. The van der Waals surface area contributed by atoms with E-state index < -0.39 is 17.8 Å². The average Bonchev–Trinajstić information content (AvgIpc) is 2.47. The molecule has 0 heterocycles. The number of benzene rings is 2. The summed E-state index contributed by atoms with van der Waals surface area (Å²) in [7, 11) is 1.43. The molecule has 2 aromatic carbocycles. The second-order valence-electron chi connectivity index (χ2n) is 4.33. The molecule has 6 heteroatoms. The van der Waals surface area contributed by atoms with Crippen molar-refractivity contribution in [3.8, 4) is 0 Å². The molecule has 5 nitrogen and oxygen atoms in total. The van der Waals surface area contributed by atoms with Crippen LogP contribution in [0, 0.1) is 5.82 Å². The first-order valence-corrected chi connectivity index (χ1v) is 6.11. The van der Waals surface area contributed by atoms with Crippen molar-refractivity contribution >= 4 is 23.4 Å². The second-order valence-corrected chi connectivity index (χ2v) is 4.33. The molecular formula is C15H13FN2O3. The Bertz CT molecular complexity index is 688. The number of aromatic carboxylic acids is 1. The molecule has 0 aliphatic heterocycles. The maximum atomic E-state index is 13.6. The number of nitrogens with one attached hydrogen (secondary N) is 1. The summed E-state index contributed by atoms with van der Waals surface area (Å²) in [6.45, 7) is 0. The van der Waals surface area contributed by atoms with Gasteiger partial charge in [-0.3, -0.25) is 4.90 Å². The van der Waals surface area contributed by atoms with Crippen LogP contribution < -0.4 is 10.2 Å². The molecule has 0 unspecified atom stereocenters. The number of carboxylic acids is 1. The number of rotatable bonds is 3. The van der Waals surface area contributed by atoms with E-state index in [1.54, 1.807) is 12.1 Å². The van der Waals surface area contributed by atoms with Crippen LogP contribution in [0.2, 0.25) is 0 Å². The van der Waals surface area contributed by atoms with Crippen molar-refractivity contribution in [1.29, 1.82) is 0 Å². The number of carboxylic acid groups (broad SMARTS) is 1. The zero-order chi connectivity index (χ0) is 15.4. The van der Waals surface area contributed by atoms with Crippen molar-refractivity contribution in [2.45, 2.75) is 0 Å². The monoisotopic (exact) mass is 288 g/mol. The largest absolute Gasteiger partial charge is 0.478 e. The maximum Gasteiger partial charge on any atom is 0.335 e. The smallest absolute Gasteiger partial charge is 0.335 e. The molecule has 0 atom stereocenters. The summed E-state index contributed by atoms with van der Waals surface area (Å²) < 4.78 is 13.6. The minimum atomic E-state index is -1.09. The minimum Gasteiger partial charge on any atom is -0.478 e. The summed E-state index contributed by atoms with van der Waals surface area (Å²) >= 11 is 0. The van der Waals surface area contributed by atoms with Crippen LogP contribution in [-0.4, -0.2) is 24.2 Å². The van der Waals surface area contributed by atoms with E-state index in [9.17, 15) is 14.0 Å². The summed E-state index contributed by atoms with van der Waals surface area (Å²) in [5.74, 6) is -1.61. The standard InChI is InChI=1S/C15H13FN2O3/c1-18(13-8-3-2-7-12(13)16)15(21)17-11-6-4-5-10(9-11)14(19)20/h2-9H,1H3,(H,17,21)(H,19,20). The van der Waals surface area contributed by atoms with Gasteiger partial charge in [0.15, 0.2) is 0 Å². The number of nitrogens with zero attached hydrogens (tertiary/aromatic N) is 1. The van der Waals surface area contributed by atoms with Gasteiger partial charge in [-0.2, -0.15) is 0 Å². The molecule has 108 valence electrons. The van der Waals surface area contributed by atoms with Gasteiger partial charge in [0.05, 0.1) is 11.3 Å². The Labute approximate surface area is 120 Å². The van der Waals surface area contributed by atoms with Crippen LogP contribution in [0.3, 0.4) is 0 Å². The van der Waals surface area contributed by atoms with E-state index in [4.69, 9.17) is 5.11 Å². The molecule has 2 rings (SSSR count). The van der Waals surface area contributed by atoms with E-state index in [2.05, 4.69) is 5.32 Å². The summed E-state index contributed by atoms with van der Waals surface area (Å²) in [6.07, 6.45) is 0. The van der Waals surface area contributed by atoms with Crippen molar-refractivity contribution < 1.29 is 19.1 Å². The number of carbonyl (C=O) groups is 2. The van der Waals surface area contributed by atoms with Gasteiger partial charge in [-0.1, -0.05) is 18.2 Å². The number of urea groups is 1. The Hall–Kier alpha value is -2.89. The topological polar surface area (TPSA) is 69.6 Å². The van der Waals surface area contributed by atoms with Gasteiger partial charge in [-0.15, -0.1) is 0 Å². The second kappa shape index (κ2) is 6.04. The van der Waals surface area contributed by atoms with Crippen LogP contribution in [0.4, 0.5) is 20.6 Å². The number of halogens is 1. The first kappa shape index (κ1) is 14.5. The molecule has 0 spiro atoms. The minimum absolute atomic E-state index is 0.0568. The number of hydrogen-bond acceptors (Lipinski definition) is 2. The molecule has 2 amide bonds. The van der Waals surface area contributed by atoms with Gasteiger partial charge in [0.2, 0.25) is 0 Å². The molecule has 0 radical (unpaired) electrons. The average molecular weight is 288 g/mol. The van der Waals surface area contributed by atoms with Crippen molar-refractivity contribution in [1.82, 2.24) is 0 Å². The summed E-state index contributed by atoms with van der Waals surface area (Å²) in [5.41, 5.74) is 0.508. The Morgan fingerprint density at radius 3 is 2.52 bits per heavy atom. The zero-order valence-corrected chi connectivity index (χ0v) is 11.2. The fourth-order valence-electron chi connectivity index (χ4n) is 1.77. The third-order valence-corrected chi connectivity index (χ3v) is 2.88. The Morgan fingerprint density at radius 2 is 1.86 bits per heavy atom. The van der Waals surface area contributed by atoms with Crippen LogP contribution in [0.1, 0.15) is 10.4 Å². The molecule has 0 saturated carbocycles. The third kappa shape index (κ3) is 3.36. The molecule has 21 heavy (non-hydrogen) atoms. The van der Waals surface area contributed by atoms with Gasteiger partial charge >= 0.3 is 12.0 Å². The lowest BCUT2D eigenvalue weighted by Gasteiger charge is -2.18. The van der Waals surface area contributed by atoms with E-state index in [1.807, 2.05) is 0 Å². The van der Waals surface area contributed by atoms with Gasteiger partial charge in [-0.25, -0.2) is 14.0 Å². The molecule has 0 saturated heterocycles. The van der Waals surface area contributed by atoms with Crippen molar-refractivity contribution in [2.24, 2.45) is 0 Å². The highest BCUT2D eigenvalue weighted by molar-refractivity contribution is 6.02. The summed E-state index contributed by atoms with van der Waals surface area (Å²) in [6, 6.07) is 11.1. The first-order chi connectivity index (χ1) is 9.99. The van der Waals surface area contributed by atoms with E-state index >= 15 is 0 Å². The molecule has 0 aromatic heterocycles. The lowest BCUT2D eigenvalue weighted by Crippen LogP contribution is -2.31. The maximum absolute atomic E-state index is 13.6. The number of amides is 2. The fraction of sp³-hybridized carbons (Fsp3) is 0.0667. The zero-order valence-electron chi connectivity index (χ0n) is 11.2. The first-order valence-electron chi connectivity index (χ1n) is 6.11. The summed E-state index contributed by atoms with van der Waals surface area (Å²) in [4.78, 5) is 24.0. The molecule has 2 aromatic rings. The lowest BCUT2D eigenvalue weighted by atomic mass is 10.2. The predicted octanol–water partition coefficient (Wildman–Crippen LogP) is 3.19. The van der Waals surface area contributed by atoms with Crippen LogP contribution in [0.5, 0.6) is 0 Å². The Morgan fingerprint density at radius 1 is 1.14 bits per heavy atom. The molecular weight excluding hydrogens is 275 g/mol. The van der Waals surface area contributed by atoms with Gasteiger partial charge in [0.1, 0.15) is 5.82 Å². The van der Waals surface area contributed by atoms with Crippen LogP contribution >= 0.6 is 0 Å². The molecule has 0 bridgehead atoms. The highest BCUT2D eigenvalue weighted by Crippen LogP contribution is 2.18. The van der Waals surface area contributed by atoms with E-state index in [-0.39, 0.29) is 11.3 Å². The van der Waals surface area contributed by atoms with Crippen molar-refractivity contribution in [3.63, 3.8) is 0 Å². The molecule has 2 N–H and O–H groups in total. The van der Waals surface area contributed by atoms with Crippen LogP contribution in [-0.2, 0) is 0 Å². The lowest BCUT2D eigenvalue weighted by molar-refractivity contribution is 0.0697. The van der Waals surface area contributed by atoms with E-state index in [0.29, 0.717) is 5.69 Å². The fourth-order valence-corrected chi connectivity index (χ4v) is 1.77. The van der Waals surface area contributed by atoms with Crippen LogP contribution in [0.25, 0.3) is 0 Å². The normalized spacial score (nSPS) is 10.0. The summed E-state index contributed by atoms with van der Waals surface area (Å²) in [5, 5.41) is 11.4. The highest BCUT2D eigenvalue weighted by atomic mass is 19.1. The van der Waals surface area contributed by atoms with Crippen molar-refractivity contribution in [2.75, 3.05) is 17.3 Å².